The largest absolute Gasteiger partial charge is 0.0591 e. The fourth-order valence-corrected chi connectivity index (χ4v) is 3.72. The van der Waals surface area contributed by atoms with Gasteiger partial charge in [-0.1, -0.05) is 108 Å². The fourth-order valence-electron chi connectivity index (χ4n) is 3.72. The van der Waals surface area contributed by atoms with E-state index in [9.17, 15) is 0 Å². The molecule has 29 heavy (non-hydrogen) atoms. The van der Waals surface area contributed by atoms with Gasteiger partial charge >= 0.3 is 0 Å². The Morgan fingerprint density at radius 1 is 0.379 bits per heavy atom. The van der Waals surface area contributed by atoms with E-state index in [4.69, 9.17) is 0 Å². The van der Waals surface area contributed by atoms with Crippen LogP contribution in [0.25, 0.3) is 22.3 Å². The van der Waals surface area contributed by atoms with Crippen molar-refractivity contribution >= 4 is 0 Å². The Balaban J connectivity index is 1.37. The second-order valence-corrected chi connectivity index (χ2v) is 7.98. The quantitative estimate of drug-likeness (QED) is 0.322. The average molecular weight is 377 g/mol. The van der Waals surface area contributed by atoms with Crippen molar-refractivity contribution in [1.29, 1.82) is 0 Å². The van der Waals surface area contributed by atoms with Crippen LogP contribution in [-0.4, -0.2) is 0 Å². The van der Waals surface area contributed by atoms with Crippen LogP contribution in [0.4, 0.5) is 0 Å². The molecule has 0 aromatic heterocycles. The molecule has 0 saturated carbocycles. The van der Waals surface area contributed by atoms with E-state index in [1.54, 1.807) is 0 Å². The molecule has 0 bridgehead atoms. The SMILES string of the molecule is Cc1ccc(CCCc2ccc(-c3ccc(-c4ccc(C)cc4)cc3)cc2)cc1. The van der Waals surface area contributed by atoms with Crippen molar-refractivity contribution in [2.45, 2.75) is 33.1 Å². The molecule has 0 nitrogen and oxygen atoms in total. The Kier molecular flexibility index (Phi) is 5.91. The summed E-state index contributed by atoms with van der Waals surface area (Å²) in [7, 11) is 0. The Morgan fingerprint density at radius 2 is 0.655 bits per heavy atom. The van der Waals surface area contributed by atoms with Gasteiger partial charge in [0.05, 0.1) is 0 Å². The van der Waals surface area contributed by atoms with Gasteiger partial charge in [-0.15, -0.1) is 0 Å². The van der Waals surface area contributed by atoms with Gasteiger partial charge in [0.25, 0.3) is 0 Å². The molecule has 0 atom stereocenters. The maximum atomic E-state index is 2.28. The number of benzene rings is 4. The van der Waals surface area contributed by atoms with Crippen LogP contribution < -0.4 is 0 Å². The highest BCUT2D eigenvalue weighted by molar-refractivity contribution is 5.70. The predicted molar refractivity (Wildman–Crippen MR) is 125 cm³/mol. The topological polar surface area (TPSA) is 0 Å². The first-order valence-corrected chi connectivity index (χ1v) is 10.5. The molecule has 4 aromatic carbocycles. The van der Waals surface area contributed by atoms with Crippen LogP contribution in [0.15, 0.2) is 97.1 Å². The van der Waals surface area contributed by atoms with Crippen molar-refractivity contribution in [2.75, 3.05) is 0 Å². The van der Waals surface area contributed by atoms with E-state index >= 15 is 0 Å². The molecule has 0 aliphatic rings. The smallest absolute Gasteiger partial charge is 0.0184 e. The minimum atomic E-state index is 1.13. The molecule has 0 saturated heterocycles. The zero-order valence-corrected chi connectivity index (χ0v) is 17.4. The van der Waals surface area contributed by atoms with Crippen molar-refractivity contribution in [3.05, 3.63) is 119 Å². The summed E-state index contributed by atoms with van der Waals surface area (Å²) < 4.78 is 0. The Morgan fingerprint density at radius 3 is 1.07 bits per heavy atom. The third-order valence-electron chi connectivity index (χ3n) is 5.61. The van der Waals surface area contributed by atoms with Crippen molar-refractivity contribution in [2.24, 2.45) is 0 Å². The first-order chi connectivity index (χ1) is 14.2. The van der Waals surface area contributed by atoms with Crippen LogP contribution >= 0.6 is 0 Å². The number of rotatable bonds is 6. The third-order valence-corrected chi connectivity index (χ3v) is 5.61. The lowest BCUT2D eigenvalue weighted by Gasteiger charge is -2.07. The Labute approximate surface area is 174 Å². The highest BCUT2D eigenvalue weighted by Gasteiger charge is 2.02. The molecular formula is C29H28. The minimum absolute atomic E-state index is 1.13. The highest BCUT2D eigenvalue weighted by Crippen LogP contribution is 2.25. The van der Waals surface area contributed by atoms with Crippen LogP contribution in [-0.2, 0) is 12.8 Å². The average Bonchev–Trinajstić information content (AvgIpc) is 2.76. The molecule has 144 valence electrons. The summed E-state index contributed by atoms with van der Waals surface area (Å²) in [4.78, 5) is 0. The van der Waals surface area contributed by atoms with Gasteiger partial charge < -0.3 is 0 Å². The summed E-state index contributed by atoms with van der Waals surface area (Å²) in [5, 5.41) is 0. The van der Waals surface area contributed by atoms with Crippen molar-refractivity contribution in [3.8, 4) is 22.3 Å². The summed E-state index contributed by atoms with van der Waals surface area (Å²) in [5.74, 6) is 0. The van der Waals surface area contributed by atoms with Gasteiger partial charge in [0.15, 0.2) is 0 Å². The van der Waals surface area contributed by atoms with Crippen LogP contribution in [0.3, 0.4) is 0 Å². The third kappa shape index (κ3) is 5.03. The lowest BCUT2D eigenvalue weighted by atomic mass is 9.98. The van der Waals surface area contributed by atoms with Crippen molar-refractivity contribution < 1.29 is 0 Å². The van der Waals surface area contributed by atoms with Crippen molar-refractivity contribution in [3.63, 3.8) is 0 Å². The van der Waals surface area contributed by atoms with E-state index in [-0.39, 0.29) is 0 Å². The minimum Gasteiger partial charge on any atom is -0.0591 e. The molecule has 0 aliphatic heterocycles. The summed E-state index contributed by atoms with van der Waals surface area (Å²) in [6, 6.07) is 35.6. The number of aryl methyl sites for hydroxylation is 4. The molecule has 4 rings (SSSR count). The first kappa shape index (κ1) is 19.2. The normalized spacial score (nSPS) is 10.8. The van der Waals surface area contributed by atoms with Crippen LogP contribution in [0, 0.1) is 13.8 Å². The molecular weight excluding hydrogens is 348 g/mol. The Hall–Kier alpha value is -3.12. The molecule has 0 N–H and O–H groups in total. The standard InChI is InChI=1S/C29H28/c1-22-6-10-24(11-7-22)4-3-5-25-12-16-27(17-13-25)29-20-18-28(19-21-29)26-14-8-23(2)9-15-26/h6-21H,3-5H2,1-2H3. The Bertz CT molecular complexity index is 1040. The molecule has 0 unspecified atom stereocenters. The molecule has 0 fully saturated rings. The molecule has 4 aromatic rings. The fraction of sp³-hybridized carbons (Fsp3) is 0.172. The highest BCUT2D eigenvalue weighted by atomic mass is 14.1. The van der Waals surface area contributed by atoms with Gasteiger partial charge in [-0.05, 0) is 66.5 Å². The lowest BCUT2D eigenvalue weighted by molar-refractivity contribution is 0.820. The van der Waals surface area contributed by atoms with Crippen molar-refractivity contribution in [1.82, 2.24) is 0 Å². The van der Waals surface area contributed by atoms with Gasteiger partial charge in [-0.2, -0.15) is 0 Å². The monoisotopic (exact) mass is 376 g/mol. The van der Waals surface area contributed by atoms with Crippen LogP contribution in [0.2, 0.25) is 0 Å². The first-order valence-electron chi connectivity index (χ1n) is 10.5. The zero-order chi connectivity index (χ0) is 20.1. The summed E-state index contributed by atoms with van der Waals surface area (Å²) in [5.41, 5.74) is 10.6. The van der Waals surface area contributed by atoms with E-state index in [1.807, 2.05) is 0 Å². The van der Waals surface area contributed by atoms with Gasteiger partial charge in [0.1, 0.15) is 0 Å². The van der Waals surface area contributed by atoms with Gasteiger partial charge in [-0.25, -0.2) is 0 Å². The molecule has 0 amide bonds. The molecule has 0 aliphatic carbocycles. The van der Waals surface area contributed by atoms with E-state index < -0.39 is 0 Å². The zero-order valence-electron chi connectivity index (χ0n) is 17.4. The van der Waals surface area contributed by atoms with Crippen LogP contribution in [0.5, 0.6) is 0 Å². The van der Waals surface area contributed by atoms with E-state index in [1.165, 1.54) is 50.9 Å². The predicted octanol–water partition coefficient (Wildman–Crippen LogP) is 7.81. The molecule has 0 radical (unpaired) electrons. The summed E-state index contributed by atoms with van der Waals surface area (Å²) in [6.07, 6.45) is 3.46. The van der Waals surface area contributed by atoms with E-state index in [2.05, 4.69) is 111 Å². The van der Waals surface area contributed by atoms with Gasteiger partial charge in [0, 0.05) is 0 Å². The molecule has 0 heterocycles. The maximum absolute atomic E-state index is 2.28. The van der Waals surface area contributed by atoms with E-state index in [0.29, 0.717) is 0 Å². The van der Waals surface area contributed by atoms with E-state index in [0.717, 1.165) is 12.8 Å². The second kappa shape index (κ2) is 8.92. The van der Waals surface area contributed by atoms with Gasteiger partial charge in [0.2, 0.25) is 0 Å². The maximum Gasteiger partial charge on any atom is -0.0184 e. The van der Waals surface area contributed by atoms with Crippen LogP contribution in [0.1, 0.15) is 28.7 Å². The number of hydrogen-bond acceptors (Lipinski definition) is 0. The number of hydrogen-bond donors (Lipinski definition) is 0. The summed E-state index contributed by atoms with van der Waals surface area (Å²) in [6.45, 7) is 4.26. The molecule has 0 spiro atoms. The second-order valence-electron chi connectivity index (χ2n) is 7.98. The summed E-state index contributed by atoms with van der Waals surface area (Å²) >= 11 is 0. The molecule has 0 heteroatoms. The van der Waals surface area contributed by atoms with Gasteiger partial charge in [-0.3, -0.25) is 0 Å². The lowest BCUT2D eigenvalue weighted by Crippen LogP contribution is -1.90.